The lowest BCUT2D eigenvalue weighted by atomic mass is 9.69. The number of rotatable bonds is 10. The van der Waals surface area contributed by atoms with Gasteiger partial charge in [-0.15, -0.1) is 0 Å². The smallest absolute Gasteiger partial charge is 0.411 e. The van der Waals surface area contributed by atoms with Crippen LogP contribution < -0.4 is 0 Å². The van der Waals surface area contributed by atoms with Gasteiger partial charge in [0.25, 0.3) is 10.1 Å². The van der Waals surface area contributed by atoms with Gasteiger partial charge in [0.05, 0.1) is 18.4 Å². The predicted octanol–water partition coefficient (Wildman–Crippen LogP) is 5.19. The summed E-state index contributed by atoms with van der Waals surface area (Å²) < 4.78 is 40.2. The van der Waals surface area contributed by atoms with E-state index in [2.05, 4.69) is 6.92 Å². The summed E-state index contributed by atoms with van der Waals surface area (Å²) >= 11 is 0. The van der Waals surface area contributed by atoms with Crippen LogP contribution in [-0.4, -0.2) is 61.5 Å². The average Bonchev–Trinajstić information content (AvgIpc) is 3.06. The van der Waals surface area contributed by atoms with E-state index in [1.807, 2.05) is 25.7 Å². The van der Waals surface area contributed by atoms with E-state index in [1.54, 1.807) is 0 Å². The summed E-state index contributed by atoms with van der Waals surface area (Å²) in [5.41, 5.74) is -1.00. The van der Waals surface area contributed by atoms with Crippen LogP contribution in [0.15, 0.2) is 0 Å². The molecule has 0 aromatic rings. The molecule has 1 aliphatic carbocycles. The van der Waals surface area contributed by atoms with Crippen molar-refractivity contribution in [2.75, 3.05) is 12.9 Å². The molecule has 0 aromatic heterocycles. The summed E-state index contributed by atoms with van der Waals surface area (Å²) in [6.07, 6.45) is 9.93. The van der Waals surface area contributed by atoms with Gasteiger partial charge in [-0.2, -0.15) is 8.42 Å². The van der Waals surface area contributed by atoms with Gasteiger partial charge in [-0.1, -0.05) is 32.6 Å². The third-order valence-electron chi connectivity index (χ3n) is 7.02. The van der Waals surface area contributed by atoms with Crippen molar-refractivity contribution < 1.29 is 31.7 Å². The summed E-state index contributed by atoms with van der Waals surface area (Å²) in [7, 11) is -3.54. The first-order chi connectivity index (χ1) is 15.8. The summed E-state index contributed by atoms with van der Waals surface area (Å²) in [5.74, 6) is -0.148. The molecule has 34 heavy (non-hydrogen) atoms. The van der Waals surface area contributed by atoms with Gasteiger partial charge in [0, 0.05) is 12.5 Å². The molecule has 2 rings (SSSR count). The van der Waals surface area contributed by atoms with Gasteiger partial charge in [-0.25, -0.2) is 4.79 Å². The van der Waals surface area contributed by atoms with Crippen LogP contribution in [0.25, 0.3) is 0 Å². The Morgan fingerprint density at radius 3 is 2.41 bits per heavy atom. The molecule has 0 aromatic carbocycles. The van der Waals surface area contributed by atoms with Crippen LogP contribution in [0.3, 0.4) is 0 Å². The summed E-state index contributed by atoms with van der Waals surface area (Å²) in [6.45, 7) is 9.19. The zero-order valence-electron chi connectivity index (χ0n) is 21.9. The highest BCUT2D eigenvalue weighted by Gasteiger charge is 2.55. The van der Waals surface area contributed by atoms with Gasteiger partial charge < -0.3 is 9.47 Å². The minimum atomic E-state index is -3.54. The minimum Gasteiger partial charge on any atom is -0.464 e. The molecule has 0 radical (unpaired) electrons. The Kier molecular flexibility index (Phi) is 10.2. The zero-order chi connectivity index (χ0) is 25.6. The van der Waals surface area contributed by atoms with E-state index in [4.69, 9.17) is 13.7 Å². The molecule has 1 heterocycles. The van der Waals surface area contributed by atoms with E-state index < -0.39 is 15.7 Å². The normalized spacial score (nSPS) is 26.5. The second kappa shape index (κ2) is 12.1. The lowest BCUT2D eigenvalue weighted by Gasteiger charge is -2.49. The molecule has 198 valence electrons. The van der Waals surface area contributed by atoms with E-state index in [9.17, 15) is 18.0 Å². The second-order valence-electron chi connectivity index (χ2n) is 11.0. The Morgan fingerprint density at radius 2 is 1.82 bits per heavy atom. The fourth-order valence-electron chi connectivity index (χ4n) is 5.70. The highest BCUT2D eigenvalue weighted by molar-refractivity contribution is 7.86. The molecule has 1 unspecified atom stereocenters. The average molecular weight is 504 g/mol. The van der Waals surface area contributed by atoms with Gasteiger partial charge in [-0.3, -0.25) is 13.9 Å². The fraction of sp³-hybridized carbons (Fsp3) is 0.920. The molecule has 1 spiro atoms. The number of carbonyl (C=O) groups is 2. The number of hydrogen-bond donors (Lipinski definition) is 0. The maximum Gasteiger partial charge on any atom is 0.411 e. The molecule has 4 atom stereocenters. The third kappa shape index (κ3) is 8.40. The van der Waals surface area contributed by atoms with Crippen molar-refractivity contribution in [2.45, 2.75) is 129 Å². The number of likely N-dealkylation sites (tertiary alicyclic amines) is 1. The molecule has 1 amide bonds. The molecule has 0 N–H and O–H groups in total. The minimum absolute atomic E-state index is 0.166. The molecule has 1 saturated carbocycles. The lowest BCUT2D eigenvalue weighted by molar-refractivity contribution is -0.143. The van der Waals surface area contributed by atoms with Crippen molar-refractivity contribution >= 4 is 22.2 Å². The highest BCUT2D eigenvalue weighted by Crippen LogP contribution is 2.50. The first-order valence-corrected chi connectivity index (χ1v) is 14.6. The van der Waals surface area contributed by atoms with E-state index in [0.717, 1.165) is 64.0 Å². The summed E-state index contributed by atoms with van der Waals surface area (Å²) in [6, 6.07) is -0.220. The first-order valence-electron chi connectivity index (χ1n) is 12.8. The van der Waals surface area contributed by atoms with Crippen molar-refractivity contribution in [1.29, 1.82) is 0 Å². The Balaban J connectivity index is 2.27. The van der Waals surface area contributed by atoms with Gasteiger partial charge in [0.15, 0.2) is 0 Å². The summed E-state index contributed by atoms with van der Waals surface area (Å²) in [5, 5.41) is 0. The molecule has 9 heteroatoms. The van der Waals surface area contributed by atoms with Gasteiger partial charge in [0.2, 0.25) is 0 Å². The summed E-state index contributed by atoms with van der Waals surface area (Å²) in [4.78, 5) is 26.8. The Morgan fingerprint density at radius 1 is 1.12 bits per heavy atom. The van der Waals surface area contributed by atoms with Crippen LogP contribution in [0, 0.1) is 5.92 Å². The topological polar surface area (TPSA) is 99.2 Å². The van der Waals surface area contributed by atoms with Crippen LogP contribution >= 0.6 is 0 Å². The molecular formula is C25H45NO7S. The number of ether oxygens (including phenoxy) is 2. The first kappa shape index (κ1) is 28.9. The maximum atomic E-state index is 13.5. The van der Waals surface area contributed by atoms with Gasteiger partial charge >= 0.3 is 12.1 Å². The van der Waals surface area contributed by atoms with E-state index in [0.29, 0.717) is 12.8 Å². The molecular weight excluding hydrogens is 458 g/mol. The Hall–Kier alpha value is -1.35. The molecule has 8 nitrogen and oxygen atoms in total. The number of amides is 1. The van der Waals surface area contributed by atoms with E-state index >= 15 is 0 Å². The van der Waals surface area contributed by atoms with Gasteiger partial charge in [0.1, 0.15) is 12.2 Å². The Bertz CT molecular complexity index is 792. The predicted molar refractivity (Wildman–Crippen MR) is 131 cm³/mol. The number of nitrogens with zero attached hydrogens (tertiary/aromatic N) is 1. The molecule has 2 aliphatic rings. The SMILES string of the molecule is CCCC[C@@H](CC[C@@H]1CCCC[C@]12CCC(COC(C)=O)N2C(=O)OC(C)(C)C)OS(C)(=O)=O. The monoisotopic (exact) mass is 503 g/mol. The van der Waals surface area contributed by atoms with E-state index in [-0.39, 0.29) is 42.3 Å². The van der Waals surface area contributed by atoms with Crippen LogP contribution in [0.1, 0.15) is 105 Å². The van der Waals surface area contributed by atoms with Crippen LogP contribution in [0.4, 0.5) is 4.79 Å². The zero-order valence-corrected chi connectivity index (χ0v) is 22.7. The standard InChI is InChI=1S/C25H45NO7S/c1-7-8-12-22(33-34(6,29)30)14-13-20-11-9-10-16-25(20)17-15-21(18-31-19(2)27)26(25)23(28)32-24(3,4)5/h20-22H,7-18H2,1-6H3/t20-,21?,22-,25-/m0/s1. The number of esters is 1. The van der Waals surface area contributed by atoms with Crippen molar-refractivity contribution in [3.05, 3.63) is 0 Å². The van der Waals surface area contributed by atoms with Crippen molar-refractivity contribution in [3.63, 3.8) is 0 Å². The lowest BCUT2D eigenvalue weighted by Crippen LogP contribution is -2.58. The Labute approximate surface area is 206 Å². The largest absolute Gasteiger partial charge is 0.464 e. The number of hydrogen-bond acceptors (Lipinski definition) is 7. The molecule has 1 saturated heterocycles. The third-order valence-corrected chi connectivity index (χ3v) is 7.65. The highest BCUT2D eigenvalue weighted by atomic mass is 32.2. The maximum absolute atomic E-state index is 13.5. The van der Waals surface area contributed by atoms with Crippen LogP contribution in [-0.2, 0) is 28.6 Å². The molecule has 0 bridgehead atoms. The molecule has 2 fully saturated rings. The van der Waals surface area contributed by atoms with Crippen molar-refractivity contribution in [1.82, 2.24) is 4.90 Å². The van der Waals surface area contributed by atoms with Gasteiger partial charge in [-0.05, 0) is 71.6 Å². The van der Waals surface area contributed by atoms with Crippen molar-refractivity contribution in [2.24, 2.45) is 5.92 Å². The van der Waals surface area contributed by atoms with Crippen LogP contribution in [0.2, 0.25) is 0 Å². The fourth-order valence-corrected chi connectivity index (χ4v) is 6.39. The number of unbranched alkanes of at least 4 members (excludes halogenated alkanes) is 1. The quantitative estimate of drug-likeness (QED) is 0.299. The van der Waals surface area contributed by atoms with E-state index in [1.165, 1.54) is 6.92 Å². The number of carbonyl (C=O) groups excluding carboxylic acids is 2. The molecule has 1 aliphatic heterocycles. The van der Waals surface area contributed by atoms with Crippen molar-refractivity contribution in [3.8, 4) is 0 Å². The second-order valence-corrected chi connectivity index (χ2v) is 12.6. The van der Waals surface area contributed by atoms with Crippen LogP contribution in [0.5, 0.6) is 0 Å².